The number of nitrogens with zero attached hydrogens (tertiary/aromatic N) is 1. The first kappa shape index (κ1) is 13.5. The molecule has 1 aromatic heterocycles. The Morgan fingerprint density at radius 1 is 1.21 bits per heavy atom. The maximum atomic E-state index is 5.71. The SMILES string of the molecule is COc1ccc(C(NN)c2cccc(C)n2)c(C)c1. The van der Waals surface area contributed by atoms with Crippen LogP contribution in [0.15, 0.2) is 36.4 Å². The van der Waals surface area contributed by atoms with E-state index in [0.29, 0.717) is 0 Å². The van der Waals surface area contributed by atoms with Gasteiger partial charge in [0, 0.05) is 5.69 Å². The van der Waals surface area contributed by atoms with Crippen molar-refractivity contribution in [2.75, 3.05) is 7.11 Å². The summed E-state index contributed by atoms with van der Waals surface area (Å²) in [6.07, 6.45) is 0. The number of methoxy groups -OCH3 is 1. The van der Waals surface area contributed by atoms with Crippen LogP contribution in [0, 0.1) is 13.8 Å². The first-order valence-electron chi connectivity index (χ1n) is 6.20. The molecule has 4 heteroatoms. The van der Waals surface area contributed by atoms with Crippen molar-refractivity contribution >= 4 is 0 Å². The molecule has 2 aromatic rings. The normalized spacial score (nSPS) is 12.2. The maximum absolute atomic E-state index is 5.71. The molecule has 0 saturated heterocycles. The summed E-state index contributed by atoms with van der Waals surface area (Å²) >= 11 is 0. The molecule has 0 fully saturated rings. The van der Waals surface area contributed by atoms with E-state index >= 15 is 0 Å². The van der Waals surface area contributed by atoms with E-state index in [4.69, 9.17) is 10.6 Å². The fraction of sp³-hybridized carbons (Fsp3) is 0.267. The molecule has 19 heavy (non-hydrogen) atoms. The van der Waals surface area contributed by atoms with Gasteiger partial charge in [0.25, 0.3) is 0 Å². The number of nitrogens with two attached hydrogens (primary N) is 1. The van der Waals surface area contributed by atoms with Gasteiger partial charge in [-0.2, -0.15) is 0 Å². The number of ether oxygens (including phenoxy) is 1. The lowest BCUT2D eigenvalue weighted by atomic mass is 9.98. The summed E-state index contributed by atoms with van der Waals surface area (Å²) in [5.41, 5.74) is 6.94. The van der Waals surface area contributed by atoms with Crippen molar-refractivity contribution < 1.29 is 4.74 Å². The van der Waals surface area contributed by atoms with E-state index in [-0.39, 0.29) is 6.04 Å². The fourth-order valence-electron chi connectivity index (χ4n) is 2.16. The lowest BCUT2D eigenvalue weighted by Crippen LogP contribution is -2.30. The van der Waals surface area contributed by atoms with Gasteiger partial charge in [-0.1, -0.05) is 12.1 Å². The Kier molecular flexibility index (Phi) is 4.14. The van der Waals surface area contributed by atoms with Crippen molar-refractivity contribution in [3.05, 3.63) is 58.9 Å². The molecule has 0 radical (unpaired) electrons. The molecule has 1 heterocycles. The highest BCUT2D eigenvalue weighted by atomic mass is 16.5. The number of benzene rings is 1. The Bertz CT molecular complexity index is 569. The molecule has 0 amide bonds. The van der Waals surface area contributed by atoms with Crippen LogP contribution in [-0.2, 0) is 0 Å². The third-order valence-electron chi connectivity index (χ3n) is 3.16. The molecule has 4 nitrogen and oxygen atoms in total. The van der Waals surface area contributed by atoms with Crippen LogP contribution in [0.3, 0.4) is 0 Å². The van der Waals surface area contributed by atoms with Crippen molar-refractivity contribution in [2.45, 2.75) is 19.9 Å². The van der Waals surface area contributed by atoms with Crippen LogP contribution in [-0.4, -0.2) is 12.1 Å². The Morgan fingerprint density at radius 2 is 2.00 bits per heavy atom. The highest BCUT2D eigenvalue weighted by molar-refractivity contribution is 5.39. The number of hydrogen-bond donors (Lipinski definition) is 2. The number of pyridine rings is 1. The zero-order valence-corrected chi connectivity index (χ0v) is 11.5. The summed E-state index contributed by atoms with van der Waals surface area (Å²) in [4.78, 5) is 4.53. The predicted molar refractivity (Wildman–Crippen MR) is 75.9 cm³/mol. The summed E-state index contributed by atoms with van der Waals surface area (Å²) in [6, 6.07) is 11.8. The average Bonchev–Trinajstić information content (AvgIpc) is 2.41. The molecule has 1 aromatic carbocycles. The first-order valence-corrected chi connectivity index (χ1v) is 6.20. The molecule has 0 aliphatic carbocycles. The van der Waals surface area contributed by atoms with E-state index in [0.717, 1.165) is 28.3 Å². The Morgan fingerprint density at radius 3 is 2.58 bits per heavy atom. The summed E-state index contributed by atoms with van der Waals surface area (Å²) in [7, 11) is 1.66. The largest absolute Gasteiger partial charge is 0.497 e. The molecule has 0 aliphatic rings. The van der Waals surface area contributed by atoms with Crippen LogP contribution < -0.4 is 16.0 Å². The number of rotatable bonds is 4. The van der Waals surface area contributed by atoms with Gasteiger partial charge in [-0.25, -0.2) is 5.43 Å². The first-order chi connectivity index (χ1) is 9.15. The number of aryl methyl sites for hydroxylation is 2. The molecule has 0 bridgehead atoms. The van der Waals surface area contributed by atoms with Crippen molar-refractivity contribution in [1.29, 1.82) is 0 Å². The minimum Gasteiger partial charge on any atom is -0.497 e. The van der Waals surface area contributed by atoms with Gasteiger partial charge in [-0.3, -0.25) is 10.8 Å². The second-order valence-electron chi connectivity index (χ2n) is 4.53. The van der Waals surface area contributed by atoms with Gasteiger partial charge in [0.15, 0.2) is 0 Å². The van der Waals surface area contributed by atoms with Crippen molar-refractivity contribution in [3.63, 3.8) is 0 Å². The number of hydrogen-bond acceptors (Lipinski definition) is 4. The fourth-order valence-corrected chi connectivity index (χ4v) is 2.16. The van der Waals surface area contributed by atoms with E-state index in [1.165, 1.54) is 0 Å². The molecule has 100 valence electrons. The topological polar surface area (TPSA) is 60.2 Å². The summed E-state index contributed by atoms with van der Waals surface area (Å²) in [5.74, 6) is 6.55. The van der Waals surface area contributed by atoms with Gasteiger partial charge in [0.05, 0.1) is 18.8 Å². The highest BCUT2D eigenvalue weighted by Crippen LogP contribution is 2.26. The number of nitrogens with one attached hydrogen (secondary N) is 1. The summed E-state index contributed by atoms with van der Waals surface area (Å²) in [6.45, 7) is 4.01. The Hall–Kier alpha value is -1.91. The molecule has 1 atom stereocenters. The Labute approximate surface area is 113 Å². The molecular weight excluding hydrogens is 238 g/mol. The lowest BCUT2D eigenvalue weighted by Gasteiger charge is -2.19. The van der Waals surface area contributed by atoms with E-state index in [9.17, 15) is 0 Å². The minimum absolute atomic E-state index is 0.120. The highest BCUT2D eigenvalue weighted by Gasteiger charge is 2.16. The third-order valence-corrected chi connectivity index (χ3v) is 3.16. The predicted octanol–water partition coefficient (Wildman–Crippen LogP) is 2.26. The van der Waals surface area contributed by atoms with Gasteiger partial charge >= 0.3 is 0 Å². The average molecular weight is 257 g/mol. The van der Waals surface area contributed by atoms with Crippen LogP contribution in [0.4, 0.5) is 0 Å². The van der Waals surface area contributed by atoms with Gasteiger partial charge in [0.1, 0.15) is 5.75 Å². The number of aromatic nitrogens is 1. The molecule has 0 spiro atoms. The van der Waals surface area contributed by atoms with Gasteiger partial charge in [-0.05, 0) is 49.2 Å². The van der Waals surface area contributed by atoms with Crippen molar-refractivity contribution in [2.24, 2.45) is 5.84 Å². The smallest absolute Gasteiger partial charge is 0.119 e. The van der Waals surface area contributed by atoms with Crippen LogP contribution >= 0.6 is 0 Å². The van der Waals surface area contributed by atoms with Crippen LogP contribution in [0.25, 0.3) is 0 Å². The monoisotopic (exact) mass is 257 g/mol. The third kappa shape index (κ3) is 2.92. The van der Waals surface area contributed by atoms with E-state index in [1.807, 2.05) is 50.2 Å². The molecular formula is C15H19N3O. The molecule has 2 rings (SSSR count). The standard InChI is InChI=1S/C15H19N3O/c1-10-9-12(19-3)7-8-13(10)15(18-16)14-6-4-5-11(2)17-14/h4-9,15,18H,16H2,1-3H3. The molecule has 3 N–H and O–H groups in total. The van der Waals surface area contributed by atoms with E-state index < -0.39 is 0 Å². The second kappa shape index (κ2) is 5.82. The van der Waals surface area contributed by atoms with Crippen LogP contribution in [0.5, 0.6) is 5.75 Å². The minimum atomic E-state index is -0.120. The number of hydrazine groups is 1. The van der Waals surface area contributed by atoms with Gasteiger partial charge < -0.3 is 4.74 Å². The quantitative estimate of drug-likeness (QED) is 0.651. The van der Waals surface area contributed by atoms with E-state index in [2.05, 4.69) is 10.4 Å². The summed E-state index contributed by atoms with van der Waals surface area (Å²) < 4.78 is 5.22. The molecule has 0 aliphatic heterocycles. The molecule has 1 unspecified atom stereocenters. The zero-order chi connectivity index (χ0) is 13.8. The zero-order valence-electron chi connectivity index (χ0n) is 11.5. The summed E-state index contributed by atoms with van der Waals surface area (Å²) in [5, 5.41) is 0. The lowest BCUT2D eigenvalue weighted by molar-refractivity contribution is 0.414. The van der Waals surface area contributed by atoms with E-state index in [1.54, 1.807) is 7.11 Å². The maximum Gasteiger partial charge on any atom is 0.119 e. The molecule has 0 saturated carbocycles. The Balaban J connectivity index is 2.42. The second-order valence-corrected chi connectivity index (χ2v) is 4.53. The van der Waals surface area contributed by atoms with Crippen molar-refractivity contribution in [3.8, 4) is 5.75 Å². The van der Waals surface area contributed by atoms with Crippen molar-refractivity contribution in [1.82, 2.24) is 10.4 Å². The van der Waals surface area contributed by atoms with Gasteiger partial charge in [0.2, 0.25) is 0 Å². The van der Waals surface area contributed by atoms with Crippen LogP contribution in [0.2, 0.25) is 0 Å². The van der Waals surface area contributed by atoms with Gasteiger partial charge in [-0.15, -0.1) is 0 Å². The van der Waals surface area contributed by atoms with Crippen LogP contribution in [0.1, 0.15) is 28.6 Å².